The van der Waals surface area contributed by atoms with Crippen molar-refractivity contribution in [2.75, 3.05) is 12.1 Å². The molecule has 0 aliphatic carbocycles. The van der Waals surface area contributed by atoms with Crippen molar-refractivity contribution >= 4 is 33.7 Å². The number of anilines is 1. The molecule has 4 aromatic rings. The van der Waals surface area contributed by atoms with Crippen molar-refractivity contribution in [2.45, 2.75) is 13.8 Å². The molecule has 0 unspecified atom stereocenters. The molecule has 1 aromatic carbocycles. The Hall–Kier alpha value is -3.17. The second-order valence-corrected chi connectivity index (χ2v) is 8.26. The molecule has 0 saturated heterocycles. The van der Waals surface area contributed by atoms with Gasteiger partial charge in [-0.05, 0) is 44.2 Å². The normalized spacial score (nSPS) is 12.3. The Kier molecular flexibility index (Phi) is 4.33. The van der Waals surface area contributed by atoms with Crippen LogP contribution in [-0.2, 0) is 0 Å². The van der Waals surface area contributed by atoms with E-state index in [9.17, 15) is 4.79 Å². The number of aromatic nitrogens is 2. The Balaban J connectivity index is 1.35. The van der Waals surface area contributed by atoms with Crippen LogP contribution in [0.4, 0.5) is 5.13 Å². The Morgan fingerprint density at radius 1 is 1.10 bits per heavy atom. The first-order valence-electron chi connectivity index (χ1n) is 8.78. The summed E-state index contributed by atoms with van der Waals surface area (Å²) in [5.41, 5.74) is 2.32. The molecule has 1 aliphatic heterocycles. The fraction of sp³-hybridized carbons (Fsp3) is 0.150. The molecule has 146 valence electrons. The molecule has 0 atom stereocenters. The maximum absolute atomic E-state index is 12.7. The molecule has 0 fully saturated rings. The number of ether oxygens (including phenoxy) is 2. The zero-order valence-electron chi connectivity index (χ0n) is 15.5. The monoisotopic (exact) mass is 425 g/mol. The predicted molar refractivity (Wildman–Crippen MR) is 111 cm³/mol. The van der Waals surface area contributed by atoms with Gasteiger partial charge in [0.2, 0.25) is 6.79 Å². The van der Waals surface area contributed by atoms with Gasteiger partial charge in [-0.1, -0.05) is 0 Å². The van der Waals surface area contributed by atoms with E-state index in [1.165, 1.54) is 22.7 Å². The Labute approximate surface area is 174 Å². The Bertz CT molecular complexity index is 1220. The van der Waals surface area contributed by atoms with Crippen molar-refractivity contribution in [3.8, 4) is 33.5 Å². The van der Waals surface area contributed by atoms with Crippen LogP contribution in [0.15, 0.2) is 40.1 Å². The number of amides is 1. The highest BCUT2D eigenvalue weighted by Crippen LogP contribution is 2.37. The molecule has 1 N–H and O–H groups in total. The molecule has 1 amide bonds. The first-order chi connectivity index (χ1) is 14.1. The average Bonchev–Trinajstić information content (AvgIpc) is 3.47. The minimum atomic E-state index is -0.235. The quantitative estimate of drug-likeness (QED) is 0.488. The summed E-state index contributed by atoms with van der Waals surface area (Å²) < 4.78 is 16.4. The van der Waals surface area contributed by atoms with Gasteiger partial charge in [0.25, 0.3) is 5.91 Å². The summed E-state index contributed by atoms with van der Waals surface area (Å²) in [6, 6.07) is 9.38. The SMILES string of the molecule is Cc1ccc(-c2nc(C)c(C(=O)Nc3nc(-c4ccc5c(c4)OCO5)cs3)s2)o1. The van der Waals surface area contributed by atoms with E-state index in [-0.39, 0.29) is 12.7 Å². The zero-order chi connectivity index (χ0) is 20.0. The van der Waals surface area contributed by atoms with E-state index in [1.807, 2.05) is 49.6 Å². The summed E-state index contributed by atoms with van der Waals surface area (Å²) in [7, 11) is 0. The zero-order valence-corrected chi connectivity index (χ0v) is 17.1. The third-order valence-electron chi connectivity index (χ3n) is 4.35. The van der Waals surface area contributed by atoms with Crippen molar-refractivity contribution in [3.05, 3.63) is 52.0 Å². The molecule has 3 aromatic heterocycles. The molecule has 7 nitrogen and oxygen atoms in total. The number of benzene rings is 1. The smallest absolute Gasteiger partial charge is 0.269 e. The third-order valence-corrected chi connectivity index (χ3v) is 6.28. The van der Waals surface area contributed by atoms with Gasteiger partial charge in [0, 0.05) is 10.9 Å². The van der Waals surface area contributed by atoms with Crippen molar-refractivity contribution in [2.24, 2.45) is 0 Å². The molecule has 4 heterocycles. The summed E-state index contributed by atoms with van der Waals surface area (Å²) in [4.78, 5) is 22.3. The van der Waals surface area contributed by atoms with Crippen LogP contribution in [0.2, 0.25) is 0 Å². The van der Waals surface area contributed by atoms with E-state index >= 15 is 0 Å². The third kappa shape index (κ3) is 3.39. The van der Waals surface area contributed by atoms with E-state index in [0.29, 0.717) is 32.2 Å². The lowest BCUT2D eigenvalue weighted by Gasteiger charge is -2.00. The number of aryl methyl sites for hydroxylation is 2. The van der Waals surface area contributed by atoms with Crippen LogP contribution in [0.25, 0.3) is 22.0 Å². The molecule has 0 spiro atoms. The standard InChI is InChI=1S/C20H15N3O4S2/c1-10-3-5-15(27-10)19-21-11(2)17(29-19)18(24)23-20-22-13(8-28-20)12-4-6-14-16(7-12)26-9-25-14/h3-8H,9H2,1-2H3,(H,22,23,24). The first-order valence-corrected chi connectivity index (χ1v) is 10.5. The van der Waals surface area contributed by atoms with Gasteiger partial charge in [0.15, 0.2) is 27.4 Å². The number of furan rings is 1. The lowest BCUT2D eigenvalue weighted by Crippen LogP contribution is -2.11. The summed E-state index contributed by atoms with van der Waals surface area (Å²) in [6.45, 7) is 3.91. The Morgan fingerprint density at radius 2 is 1.97 bits per heavy atom. The maximum atomic E-state index is 12.7. The van der Waals surface area contributed by atoms with Gasteiger partial charge in [0.1, 0.15) is 10.6 Å². The summed E-state index contributed by atoms with van der Waals surface area (Å²) in [6.07, 6.45) is 0. The number of hydrogen-bond acceptors (Lipinski definition) is 8. The van der Waals surface area contributed by atoms with Crippen LogP contribution in [0.1, 0.15) is 21.1 Å². The molecule has 29 heavy (non-hydrogen) atoms. The topological polar surface area (TPSA) is 86.5 Å². The van der Waals surface area contributed by atoms with E-state index in [1.54, 1.807) is 0 Å². The average molecular weight is 425 g/mol. The van der Waals surface area contributed by atoms with Crippen molar-refractivity contribution < 1.29 is 18.7 Å². The van der Waals surface area contributed by atoms with Gasteiger partial charge in [-0.25, -0.2) is 9.97 Å². The maximum Gasteiger partial charge on any atom is 0.269 e. The van der Waals surface area contributed by atoms with Crippen molar-refractivity contribution in [1.82, 2.24) is 9.97 Å². The highest BCUT2D eigenvalue weighted by Gasteiger charge is 2.20. The van der Waals surface area contributed by atoms with Gasteiger partial charge < -0.3 is 13.9 Å². The second kappa shape index (κ2) is 7.02. The first kappa shape index (κ1) is 17.9. The van der Waals surface area contributed by atoms with Gasteiger partial charge in [-0.2, -0.15) is 0 Å². The predicted octanol–water partition coefficient (Wildman–Crippen LogP) is 5.12. The number of nitrogens with zero attached hydrogens (tertiary/aromatic N) is 2. The summed E-state index contributed by atoms with van der Waals surface area (Å²) in [5.74, 6) is 2.65. The molecular formula is C20H15N3O4S2. The van der Waals surface area contributed by atoms with Crippen LogP contribution < -0.4 is 14.8 Å². The van der Waals surface area contributed by atoms with E-state index < -0.39 is 0 Å². The minimum Gasteiger partial charge on any atom is -0.459 e. The van der Waals surface area contributed by atoms with Crippen LogP contribution in [0.3, 0.4) is 0 Å². The van der Waals surface area contributed by atoms with E-state index in [2.05, 4.69) is 15.3 Å². The number of fused-ring (bicyclic) bond motifs is 1. The second-order valence-electron chi connectivity index (χ2n) is 6.40. The van der Waals surface area contributed by atoms with Crippen molar-refractivity contribution in [3.63, 3.8) is 0 Å². The van der Waals surface area contributed by atoms with Crippen LogP contribution in [0.5, 0.6) is 11.5 Å². The highest BCUT2D eigenvalue weighted by atomic mass is 32.1. The van der Waals surface area contributed by atoms with Crippen molar-refractivity contribution in [1.29, 1.82) is 0 Å². The van der Waals surface area contributed by atoms with Gasteiger partial charge in [-0.3, -0.25) is 10.1 Å². The number of thiazole rings is 2. The van der Waals surface area contributed by atoms with E-state index in [0.717, 1.165) is 22.8 Å². The molecular weight excluding hydrogens is 410 g/mol. The number of nitrogens with one attached hydrogen (secondary N) is 1. The fourth-order valence-corrected chi connectivity index (χ4v) is 4.57. The molecule has 9 heteroatoms. The summed E-state index contributed by atoms with van der Waals surface area (Å²) >= 11 is 2.66. The minimum absolute atomic E-state index is 0.227. The number of carbonyl (C=O) groups excluding carboxylic acids is 1. The van der Waals surface area contributed by atoms with Crippen LogP contribution in [-0.4, -0.2) is 22.7 Å². The lowest BCUT2D eigenvalue weighted by atomic mass is 10.1. The lowest BCUT2D eigenvalue weighted by molar-refractivity contribution is 0.103. The highest BCUT2D eigenvalue weighted by molar-refractivity contribution is 7.17. The van der Waals surface area contributed by atoms with Gasteiger partial charge in [-0.15, -0.1) is 22.7 Å². The number of carbonyl (C=O) groups is 1. The fourth-order valence-electron chi connectivity index (χ4n) is 2.94. The van der Waals surface area contributed by atoms with Gasteiger partial charge >= 0.3 is 0 Å². The van der Waals surface area contributed by atoms with Crippen LogP contribution >= 0.6 is 22.7 Å². The number of rotatable bonds is 4. The number of hydrogen-bond donors (Lipinski definition) is 1. The van der Waals surface area contributed by atoms with E-state index in [4.69, 9.17) is 13.9 Å². The summed E-state index contributed by atoms with van der Waals surface area (Å²) in [5, 5.41) is 5.96. The largest absolute Gasteiger partial charge is 0.459 e. The molecule has 1 aliphatic rings. The Morgan fingerprint density at radius 3 is 2.79 bits per heavy atom. The van der Waals surface area contributed by atoms with Gasteiger partial charge in [0.05, 0.1) is 11.4 Å². The molecule has 0 saturated carbocycles. The van der Waals surface area contributed by atoms with Crippen LogP contribution in [0, 0.1) is 13.8 Å². The molecule has 0 radical (unpaired) electrons. The molecule has 5 rings (SSSR count). The molecule has 0 bridgehead atoms.